The number of carbonyl (C=O) groups is 1. The molecule has 216 valence electrons. The Morgan fingerprint density at radius 2 is 1.71 bits per heavy atom. The molecule has 0 bridgehead atoms. The van der Waals surface area contributed by atoms with Gasteiger partial charge in [-0.25, -0.2) is 4.39 Å². The maximum absolute atomic E-state index is 14.0. The molecule has 0 saturated heterocycles. The Morgan fingerprint density at radius 1 is 0.952 bits per heavy atom. The highest BCUT2D eigenvalue weighted by Gasteiger charge is 2.27. The second kappa shape index (κ2) is 11.9. The molecule has 4 aromatic carbocycles. The number of allylic oxidation sites excluding steroid dienone is 1. The number of nitrogens with one attached hydrogen (secondary N) is 1. The summed E-state index contributed by atoms with van der Waals surface area (Å²) in [5.74, 6) is 0.592. The molecule has 0 aromatic heterocycles. The van der Waals surface area contributed by atoms with Crippen molar-refractivity contribution in [3.63, 3.8) is 0 Å². The predicted octanol–water partition coefficient (Wildman–Crippen LogP) is 8.80. The quantitative estimate of drug-likeness (QED) is 0.165. The molecule has 42 heavy (non-hydrogen) atoms. The largest absolute Gasteiger partial charge is 0.496 e. The average Bonchev–Trinajstić information content (AvgIpc) is 2.94. The molecule has 0 aliphatic carbocycles. The Bertz CT molecular complexity index is 1690. The van der Waals surface area contributed by atoms with Gasteiger partial charge in [-0.15, -0.1) is 0 Å². The van der Waals surface area contributed by atoms with E-state index in [-0.39, 0.29) is 24.4 Å². The van der Waals surface area contributed by atoms with Crippen LogP contribution in [0.15, 0.2) is 78.9 Å². The van der Waals surface area contributed by atoms with Crippen LogP contribution in [0.2, 0.25) is 5.02 Å². The topological polar surface area (TPSA) is 56.8 Å². The van der Waals surface area contributed by atoms with Crippen LogP contribution in [-0.4, -0.2) is 18.6 Å². The Labute approximate surface area is 250 Å². The Balaban J connectivity index is 1.52. The molecule has 5 nitrogen and oxygen atoms in total. The van der Waals surface area contributed by atoms with Gasteiger partial charge in [0.25, 0.3) is 0 Å². The van der Waals surface area contributed by atoms with Crippen molar-refractivity contribution < 1.29 is 23.4 Å². The summed E-state index contributed by atoms with van der Waals surface area (Å²) in [5.41, 5.74) is 7.06. The molecule has 0 unspecified atom stereocenters. The number of aryl methyl sites for hydroxylation is 1. The monoisotopic (exact) mass is 585 g/mol. The Hall–Kier alpha value is -4.29. The van der Waals surface area contributed by atoms with Crippen molar-refractivity contribution >= 4 is 28.8 Å². The number of hydrogen-bond donors (Lipinski definition) is 1. The summed E-state index contributed by atoms with van der Waals surface area (Å²) in [6.45, 7) is 8.41. The number of rotatable bonds is 8. The van der Waals surface area contributed by atoms with Crippen LogP contribution >= 0.6 is 11.6 Å². The van der Waals surface area contributed by atoms with Crippen LogP contribution in [-0.2, 0) is 17.8 Å². The SMILES string of the molecule is COc1cc(OC(=O)Cc2ccccc2Cl)ccc1-c1ccc2c(c1COc1cc(F)ccc1C)C(C)=CC(C)(C)N2. The maximum Gasteiger partial charge on any atom is 0.315 e. The van der Waals surface area contributed by atoms with Gasteiger partial charge in [-0.2, -0.15) is 0 Å². The highest BCUT2D eigenvalue weighted by molar-refractivity contribution is 6.31. The van der Waals surface area contributed by atoms with Gasteiger partial charge in [0.15, 0.2) is 0 Å². The zero-order chi connectivity index (χ0) is 30.0. The maximum atomic E-state index is 14.0. The van der Waals surface area contributed by atoms with Crippen molar-refractivity contribution in [1.29, 1.82) is 0 Å². The van der Waals surface area contributed by atoms with E-state index < -0.39 is 5.97 Å². The second-order valence-corrected chi connectivity index (χ2v) is 11.4. The first-order valence-corrected chi connectivity index (χ1v) is 14.1. The number of carbonyl (C=O) groups excluding carboxylic acids is 1. The van der Waals surface area contributed by atoms with E-state index in [2.05, 4.69) is 38.2 Å². The molecule has 1 aliphatic heterocycles. The predicted molar refractivity (Wildman–Crippen MR) is 166 cm³/mol. The molecular weight excluding hydrogens is 553 g/mol. The zero-order valence-electron chi connectivity index (χ0n) is 24.3. The molecule has 4 aromatic rings. The van der Waals surface area contributed by atoms with Gasteiger partial charge in [-0.1, -0.05) is 48.0 Å². The lowest BCUT2D eigenvalue weighted by molar-refractivity contribution is -0.133. The molecule has 1 aliphatic rings. The molecule has 7 heteroatoms. The van der Waals surface area contributed by atoms with Gasteiger partial charge in [-0.05, 0) is 80.3 Å². The molecule has 1 heterocycles. The minimum Gasteiger partial charge on any atom is -0.496 e. The van der Waals surface area contributed by atoms with Crippen LogP contribution in [0.5, 0.6) is 17.2 Å². The van der Waals surface area contributed by atoms with Gasteiger partial charge < -0.3 is 19.5 Å². The van der Waals surface area contributed by atoms with Crippen LogP contribution in [0.25, 0.3) is 16.7 Å². The highest BCUT2D eigenvalue weighted by Crippen LogP contribution is 2.43. The number of fused-ring (bicyclic) bond motifs is 1. The number of ether oxygens (including phenoxy) is 3. The summed E-state index contributed by atoms with van der Waals surface area (Å²) in [4.78, 5) is 12.7. The van der Waals surface area contributed by atoms with E-state index in [1.54, 1.807) is 37.4 Å². The number of benzene rings is 4. The summed E-state index contributed by atoms with van der Waals surface area (Å²) in [5, 5.41) is 4.11. The van der Waals surface area contributed by atoms with Crippen molar-refractivity contribution in [1.82, 2.24) is 0 Å². The van der Waals surface area contributed by atoms with Crippen LogP contribution in [0, 0.1) is 12.7 Å². The standard InChI is InChI=1S/C35H33ClFNO4/c1-21-10-11-24(37)17-31(21)41-20-28-26(14-15-30-34(28)22(2)19-35(3,4)38-30)27-13-12-25(18-32(27)40-5)42-33(39)16-23-8-6-7-9-29(23)36/h6-15,17-19,38H,16,20H2,1-5H3. The van der Waals surface area contributed by atoms with Crippen LogP contribution in [0.3, 0.4) is 0 Å². The van der Waals surface area contributed by atoms with Gasteiger partial charge in [0.05, 0.1) is 19.1 Å². The second-order valence-electron chi connectivity index (χ2n) is 11.0. The summed E-state index contributed by atoms with van der Waals surface area (Å²) in [7, 11) is 1.58. The Morgan fingerprint density at radius 3 is 2.48 bits per heavy atom. The third-order valence-corrected chi connectivity index (χ3v) is 7.62. The van der Waals surface area contributed by atoms with Crippen LogP contribution in [0.1, 0.15) is 43.0 Å². The first kappa shape index (κ1) is 29.2. The van der Waals surface area contributed by atoms with E-state index in [1.807, 2.05) is 31.2 Å². The van der Waals surface area contributed by atoms with Crippen molar-refractivity contribution in [2.75, 3.05) is 12.4 Å². The summed E-state index contributed by atoms with van der Waals surface area (Å²) < 4.78 is 31.7. The number of anilines is 1. The van der Waals surface area contributed by atoms with Crippen LogP contribution in [0.4, 0.5) is 10.1 Å². The van der Waals surface area contributed by atoms with Crippen molar-refractivity contribution in [2.24, 2.45) is 0 Å². The lowest BCUT2D eigenvalue weighted by Crippen LogP contribution is -2.32. The normalized spacial score (nSPS) is 13.5. The molecule has 1 N–H and O–H groups in total. The smallest absolute Gasteiger partial charge is 0.315 e. The first-order valence-electron chi connectivity index (χ1n) is 13.7. The van der Waals surface area contributed by atoms with Crippen molar-refractivity contribution in [3.05, 3.63) is 112 Å². The molecule has 0 saturated carbocycles. The zero-order valence-corrected chi connectivity index (χ0v) is 25.1. The first-order chi connectivity index (χ1) is 20.0. The molecule has 0 spiro atoms. The van der Waals surface area contributed by atoms with Gasteiger partial charge in [0.2, 0.25) is 0 Å². The number of halogens is 2. The average molecular weight is 586 g/mol. The number of methoxy groups -OCH3 is 1. The molecule has 0 atom stereocenters. The third-order valence-electron chi connectivity index (χ3n) is 7.25. The molecule has 0 amide bonds. The van der Waals surface area contributed by atoms with Crippen molar-refractivity contribution in [3.8, 4) is 28.4 Å². The van der Waals surface area contributed by atoms with E-state index in [1.165, 1.54) is 12.1 Å². The fourth-order valence-electron chi connectivity index (χ4n) is 5.40. The lowest BCUT2D eigenvalue weighted by atomic mass is 9.85. The number of hydrogen-bond acceptors (Lipinski definition) is 5. The minimum atomic E-state index is -0.430. The third kappa shape index (κ3) is 6.29. The Kier molecular flexibility index (Phi) is 8.28. The van der Waals surface area contributed by atoms with Gasteiger partial charge in [0.1, 0.15) is 29.7 Å². The van der Waals surface area contributed by atoms with Gasteiger partial charge in [-0.3, -0.25) is 4.79 Å². The lowest BCUT2D eigenvalue weighted by Gasteiger charge is -2.33. The van der Waals surface area contributed by atoms with Crippen LogP contribution < -0.4 is 19.5 Å². The van der Waals surface area contributed by atoms with E-state index in [9.17, 15) is 9.18 Å². The van der Waals surface area contributed by atoms with E-state index in [0.717, 1.165) is 39.1 Å². The van der Waals surface area contributed by atoms with E-state index in [0.29, 0.717) is 27.8 Å². The summed E-state index contributed by atoms with van der Waals surface area (Å²) >= 11 is 6.21. The minimum absolute atomic E-state index is 0.0461. The number of esters is 1. The molecule has 5 rings (SSSR count). The molecular formula is C35H33ClFNO4. The summed E-state index contributed by atoms with van der Waals surface area (Å²) in [6.07, 6.45) is 2.24. The molecule has 0 fully saturated rings. The summed E-state index contributed by atoms with van der Waals surface area (Å²) in [6, 6.07) is 21.1. The van der Waals surface area contributed by atoms with Gasteiger partial charge in [0, 0.05) is 39.5 Å². The molecule has 0 radical (unpaired) electrons. The van der Waals surface area contributed by atoms with Gasteiger partial charge >= 0.3 is 5.97 Å². The fraction of sp³-hybridized carbons (Fsp3) is 0.229. The van der Waals surface area contributed by atoms with Crippen molar-refractivity contribution in [2.45, 2.75) is 46.3 Å². The fourth-order valence-corrected chi connectivity index (χ4v) is 5.61. The highest BCUT2D eigenvalue weighted by atomic mass is 35.5. The van der Waals surface area contributed by atoms with E-state index in [4.69, 9.17) is 25.8 Å². The van der Waals surface area contributed by atoms with E-state index >= 15 is 0 Å².